The molecule has 0 saturated heterocycles. The van der Waals surface area contributed by atoms with Crippen LogP contribution in [0.2, 0.25) is 5.02 Å². The van der Waals surface area contributed by atoms with Gasteiger partial charge >= 0.3 is 0 Å². The van der Waals surface area contributed by atoms with E-state index in [2.05, 4.69) is 15.6 Å². The molecule has 8 heteroatoms. The second-order valence-corrected chi connectivity index (χ2v) is 6.29. The molecule has 140 valence electrons. The number of carbonyl (C=O) groups excluding carboxylic acids is 2. The standard InChI is InChI=1S/C20H14ClN3O4/c21-14-3-1-2-4-15(14)24-19(25)12-7-8-22-16(9-12)20(26)23-13-5-6-17-18(10-13)28-11-27-17/h1-10H,11H2,(H,23,26)(H,24,25). The molecule has 2 heterocycles. The number of anilines is 2. The zero-order chi connectivity index (χ0) is 19.5. The van der Waals surface area contributed by atoms with Crippen molar-refractivity contribution in [3.8, 4) is 11.5 Å². The van der Waals surface area contributed by atoms with Crippen LogP contribution in [0, 0.1) is 0 Å². The van der Waals surface area contributed by atoms with Gasteiger partial charge < -0.3 is 20.1 Å². The molecule has 4 rings (SSSR count). The zero-order valence-electron chi connectivity index (χ0n) is 14.4. The summed E-state index contributed by atoms with van der Waals surface area (Å²) in [6.07, 6.45) is 1.40. The Morgan fingerprint density at radius 1 is 0.929 bits per heavy atom. The maximum atomic E-state index is 12.5. The highest BCUT2D eigenvalue weighted by molar-refractivity contribution is 6.33. The van der Waals surface area contributed by atoms with Crippen LogP contribution in [-0.2, 0) is 0 Å². The number of para-hydroxylation sites is 1. The predicted molar refractivity (Wildman–Crippen MR) is 104 cm³/mol. The number of nitrogens with one attached hydrogen (secondary N) is 2. The van der Waals surface area contributed by atoms with Gasteiger partial charge in [0, 0.05) is 23.5 Å². The summed E-state index contributed by atoms with van der Waals surface area (Å²) >= 11 is 6.06. The lowest BCUT2D eigenvalue weighted by molar-refractivity contribution is 0.102. The smallest absolute Gasteiger partial charge is 0.274 e. The van der Waals surface area contributed by atoms with Crippen molar-refractivity contribution in [3.05, 3.63) is 77.1 Å². The highest BCUT2D eigenvalue weighted by Gasteiger charge is 2.16. The Morgan fingerprint density at radius 3 is 2.61 bits per heavy atom. The van der Waals surface area contributed by atoms with Gasteiger partial charge in [0.05, 0.1) is 10.7 Å². The lowest BCUT2D eigenvalue weighted by Gasteiger charge is -2.09. The molecule has 7 nitrogen and oxygen atoms in total. The lowest BCUT2D eigenvalue weighted by Crippen LogP contribution is -2.17. The van der Waals surface area contributed by atoms with Crippen LogP contribution in [0.15, 0.2) is 60.8 Å². The fourth-order valence-electron chi connectivity index (χ4n) is 2.62. The van der Waals surface area contributed by atoms with Gasteiger partial charge in [-0.15, -0.1) is 0 Å². The van der Waals surface area contributed by atoms with Gasteiger partial charge in [0.25, 0.3) is 11.8 Å². The zero-order valence-corrected chi connectivity index (χ0v) is 15.2. The number of halogens is 1. The Bertz CT molecular complexity index is 1070. The molecule has 1 aromatic heterocycles. The second-order valence-electron chi connectivity index (χ2n) is 5.89. The van der Waals surface area contributed by atoms with Crippen LogP contribution >= 0.6 is 11.6 Å². The average molecular weight is 396 g/mol. The van der Waals surface area contributed by atoms with E-state index in [0.717, 1.165) is 0 Å². The Labute approximate surface area is 165 Å². The first kappa shape index (κ1) is 17.8. The van der Waals surface area contributed by atoms with Crippen LogP contribution in [0.25, 0.3) is 0 Å². The molecule has 2 aromatic carbocycles. The number of fused-ring (bicyclic) bond motifs is 1. The molecule has 0 aliphatic carbocycles. The van der Waals surface area contributed by atoms with Crippen molar-refractivity contribution in [2.45, 2.75) is 0 Å². The first-order valence-corrected chi connectivity index (χ1v) is 8.71. The molecular weight excluding hydrogens is 382 g/mol. The summed E-state index contributed by atoms with van der Waals surface area (Å²) < 4.78 is 10.5. The lowest BCUT2D eigenvalue weighted by atomic mass is 10.2. The van der Waals surface area contributed by atoms with Crippen molar-refractivity contribution >= 4 is 34.8 Å². The molecule has 2 amide bonds. The quantitative estimate of drug-likeness (QED) is 0.697. The van der Waals surface area contributed by atoms with Crippen LogP contribution in [0.5, 0.6) is 11.5 Å². The molecule has 0 fully saturated rings. The van der Waals surface area contributed by atoms with E-state index >= 15 is 0 Å². The molecule has 1 aliphatic heterocycles. The SMILES string of the molecule is O=C(Nc1ccccc1Cl)c1ccnc(C(=O)Nc2ccc3c(c2)OCO3)c1. The average Bonchev–Trinajstić information content (AvgIpc) is 3.17. The molecule has 0 radical (unpaired) electrons. The number of nitrogens with zero attached hydrogens (tertiary/aromatic N) is 1. The van der Waals surface area contributed by atoms with Crippen molar-refractivity contribution in [2.24, 2.45) is 0 Å². The third-order valence-electron chi connectivity index (χ3n) is 4.01. The van der Waals surface area contributed by atoms with Crippen molar-refractivity contribution in [1.82, 2.24) is 4.98 Å². The van der Waals surface area contributed by atoms with E-state index in [1.54, 1.807) is 42.5 Å². The summed E-state index contributed by atoms with van der Waals surface area (Å²) in [6, 6.07) is 14.9. The molecule has 1 aliphatic rings. The molecule has 0 bridgehead atoms. The van der Waals surface area contributed by atoms with Crippen molar-refractivity contribution < 1.29 is 19.1 Å². The first-order chi connectivity index (χ1) is 13.6. The van der Waals surface area contributed by atoms with E-state index in [9.17, 15) is 9.59 Å². The van der Waals surface area contributed by atoms with Gasteiger partial charge in [-0.1, -0.05) is 23.7 Å². The van der Waals surface area contributed by atoms with Gasteiger partial charge in [0.15, 0.2) is 11.5 Å². The van der Waals surface area contributed by atoms with Gasteiger partial charge in [-0.3, -0.25) is 14.6 Å². The molecule has 2 N–H and O–H groups in total. The number of amides is 2. The van der Waals surface area contributed by atoms with Crippen molar-refractivity contribution in [3.63, 3.8) is 0 Å². The van der Waals surface area contributed by atoms with Crippen LogP contribution in [0.4, 0.5) is 11.4 Å². The number of hydrogen-bond donors (Lipinski definition) is 2. The number of pyridine rings is 1. The van der Waals surface area contributed by atoms with Gasteiger partial charge in [-0.05, 0) is 36.4 Å². The maximum Gasteiger partial charge on any atom is 0.274 e. The van der Waals surface area contributed by atoms with Crippen LogP contribution in [-0.4, -0.2) is 23.6 Å². The molecule has 0 unspecified atom stereocenters. The fourth-order valence-corrected chi connectivity index (χ4v) is 2.81. The molecule has 0 spiro atoms. The highest BCUT2D eigenvalue weighted by Crippen LogP contribution is 2.34. The number of benzene rings is 2. The molecular formula is C20H14ClN3O4. The first-order valence-electron chi connectivity index (χ1n) is 8.33. The van der Waals surface area contributed by atoms with Crippen LogP contribution < -0.4 is 20.1 Å². The molecule has 0 atom stereocenters. The van der Waals surface area contributed by atoms with E-state index in [-0.39, 0.29) is 18.1 Å². The minimum atomic E-state index is -0.453. The highest BCUT2D eigenvalue weighted by atomic mass is 35.5. The van der Waals surface area contributed by atoms with Crippen molar-refractivity contribution in [1.29, 1.82) is 0 Å². The van der Waals surface area contributed by atoms with Gasteiger partial charge in [0.1, 0.15) is 5.69 Å². The van der Waals surface area contributed by atoms with E-state index in [4.69, 9.17) is 21.1 Å². The predicted octanol–water partition coefficient (Wildman–Crippen LogP) is 3.97. The number of aromatic nitrogens is 1. The number of rotatable bonds is 4. The number of hydrogen-bond acceptors (Lipinski definition) is 5. The second kappa shape index (κ2) is 7.58. The van der Waals surface area contributed by atoms with Gasteiger partial charge in [-0.25, -0.2) is 0 Å². The summed E-state index contributed by atoms with van der Waals surface area (Å²) in [5, 5.41) is 5.85. The molecule has 3 aromatic rings. The fraction of sp³-hybridized carbons (Fsp3) is 0.0500. The summed E-state index contributed by atoms with van der Waals surface area (Å²) in [5.74, 6) is 0.326. The Hall–Kier alpha value is -3.58. The maximum absolute atomic E-state index is 12.5. The Balaban J connectivity index is 1.49. The van der Waals surface area contributed by atoms with Crippen LogP contribution in [0.3, 0.4) is 0 Å². The van der Waals surface area contributed by atoms with Gasteiger partial charge in [0.2, 0.25) is 6.79 Å². The third-order valence-corrected chi connectivity index (χ3v) is 4.34. The molecule has 28 heavy (non-hydrogen) atoms. The minimum absolute atomic E-state index is 0.101. The third kappa shape index (κ3) is 3.74. The van der Waals surface area contributed by atoms with E-state index in [1.165, 1.54) is 18.3 Å². The molecule has 0 saturated carbocycles. The van der Waals surface area contributed by atoms with Gasteiger partial charge in [-0.2, -0.15) is 0 Å². The minimum Gasteiger partial charge on any atom is -0.454 e. The van der Waals surface area contributed by atoms with E-state index < -0.39 is 11.8 Å². The number of carbonyl (C=O) groups is 2. The van der Waals surface area contributed by atoms with E-state index in [1.807, 2.05) is 0 Å². The van der Waals surface area contributed by atoms with Crippen molar-refractivity contribution in [2.75, 3.05) is 17.4 Å². The normalized spacial score (nSPS) is 11.8. The number of ether oxygens (including phenoxy) is 2. The summed E-state index contributed by atoms with van der Waals surface area (Å²) in [7, 11) is 0. The van der Waals surface area contributed by atoms with E-state index in [0.29, 0.717) is 27.9 Å². The Kier molecular flexibility index (Phi) is 4.82. The largest absolute Gasteiger partial charge is 0.454 e. The Morgan fingerprint density at radius 2 is 1.75 bits per heavy atom. The topological polar surface area (TPSA) is 89.6 Å². The summed E-state index contributed by atoms with van der Waals surface area (Å²) in [5.41, 5.74) is 1.40. The monoisotopic (exact) mass is 395 g/mol. The van der Waals surface area contributed by atoms with Crippen LogP contribution in [0.1, 0.15) is 20.8 Å². The summed E-state index contributed by atoms with van der Waals surface area (Å²) in [6.45, 7) is 0.150. The summed E-state index contributed by atoms with van der Waals surface area (Å²) in [4.78, 5) is 29.0.